The Morgan fingerprint density at radius 2 is 1.44 bits per heavy atom. The summed E-state index contributed by atoms with van der Waals surface area (Å²) in [5.74, 6) is 0.617. The normalized spacial score (nSPS) is 13.4. The van der Waals surface area contributed by atoms with Gasteiger partial charge in [0.05, 0.1) is 23.0 Å². The number of aromatic nitrogens is 4. The fourth-order valence-corrected chi connectivity index (χ4v) is 4.66. The molecule has 0 aliphatic carbocycles. The number of para-hydroxylation sites is 2. The second-order valence-electron chi connectivity index (χ2n) is 8.88. The molecule has 3 heterocycles. The number of fused-ring (bicyclic) bond motifs is 2. The van der Waals surface area contributed by atoms with E-state index in [0.29, 0.717) is 27.9 Å². The summed E-state index contributed by atoms with van der Waals surface area (Å²) in [4.78, 5) is 38.6. The van der Waals surface area contributed by atoms with E-state index >= 15 is 0 Å². The van der Waals surface area contributed by atoms with Gasteiger partial charge in [-0.25, -0.2) is 14.6 Å². The molecular formula is C28H24N6O2. The Labute approximate surface area is 207 Å². The average molecular weight is 477 g/mol. The fraction of sp³-hybridized carbons (Fsp3) is 0.179. The zero-order chi connectivity index (χ0) is 24.5. The molecule has 1 saturated heterocycles. The van der Waals surface area contributed by atoms with Gasteiger partial charge in [0, 0.05) is 18.5 Å². The molecule has 0 unspecified atom stereocenters. The Morgan fingerprint density at radius 3 is 2.19 bits per heavy atom. The van der Waals surface area contributed by atoms with E-state index in [2.05, 4.69) is 15.3 Å². The topological polar surface area (TPSA) is 93.0 Å². The van der Waals surface area contributed by atoms with Crippen molar-refractivity contribution in [2.24, 2.45) is 0 Å². The molecule has 6 rings (SSSR count). The lowest BCUT2D eigenvalue weighted by atomic mass is 10.1. The maximum absolute atomic E-state index is 13.7. The number of carbonyl (C=O) groups is 1. The van der Waals surface area contributed by atoms with Gasteiger partial charge in [0.1, 0.15) is 0 Å². The van der Waals surface area contributed by atoms with Gasteiger partial charge in [0.25, 0.3) is 11.5 Å². The van der Waals surface area contributed by atoms with Crippen LogP contribution in [0.25, 0.3) is 21.8 Å². The molecule has 8 nitrogen and oxygen atoms in total. The van der Waals surface area contributed by atoms with Crippen molar-refractivity contribution in [3.05, 3.63) is 100 Å². The maximum Gasteiger partial charge on any atom is 0.278 e. The molecule has 1 amide bonds. The van der Waals surface area contributed by atoms with Gasteiger partial charge in [-0.2, -0.15) is 5.10 Å². The third-order valence-corrected chi connectivity index (χ3v) is 6.45. The summed E-state index contributed by atoms with van der Waals surface area (Å²) in [7, 11) is 0. The van der Waals surface area contributed by atoms with Crippen LogP contribution in [-0.4, -0.2) is 38.7 Å². The highest BCUT2D eigenvalue weighted by Crippen LogP contribution is 2.28. The molecule has 178 valence electrons. The SMILES string of the molecule is O=C(Nc1nc2ccccc2nc1N1CCCC1)c1nn(Cc2ccccc2)c(=O)c2ccccc12. The first-order chi connectivity index (χ1) is 17.7. The van der Waals surface area contributed by atoms with Gasteiger partial charge in [0.2, 0.25) is 0 Å². The predicted molar refractivity (Wildman–Crippen MR) is 140 cm³/mol. The Balaban J connectivity index is 1.44. The molecule has 0 spiro atoms. The summed E-state index contributed by atoms with van der Waals surface area (Å²) in [5, 5.41) is 8.42. The van der Waals surface area contributed by atoms with Crippen LogP contribution in [0.2, 0.25) is 0 Å². The number of nitrogens with zero attached hydrogens (tertiary/aromatic N) is 5. The number of nitrogens with one attached hydrogen (secondary N) is 1. The Kier molecular flexibility index (Phi) is 5.61. The summed E-state index contributed by atoms with van der Waals surface area (Å²) in [6, 6.07) is 24.3. The number of amides is 1. The molecule has 0 atom stereocenters. The van der Waals surface area contributed by atoms with Crippen LogP contribution in [0.3, 0.4) is 0 Å². The summed E-state index contributed by atoms with van der Waals surface area (Å²) >= 11 is 0. The minimum Gasteiger partial charge on any atom is -0.354 e. The van der Waals surface area contributed by atoms with Gasteiger partial charge < -0.3 is 10.2 Å². The Bertz CT molecular complexity index is 1640. The first-order valence-electron chi connectivity index (χ1n) is 12.0. The molecule has 5 aromatic rings. The van der Waals surface area contributed by atoms with Crippen LogP contribution in [-0.2, 0) is 6.54 Å². The van der Waals surface area contributed by atoms with Crippen LogP contribution in [0.5, 0.6) is 0 Å². The number of anilines is 2. The number of rotatable bonds is 5. The second kappa shape index (κ2) is 9.22. The summed E-state index contributed by atoms with van der Waals surface area (Å²) in [5.41, 5.74) is 2.32. The molecule has 1 fully saturated rings. The number of hydrogen-bond donors (Lipinski definition) is 1. The van der Waals surface area contributed by atoms with Crippen molar-refractivity contribution in [1.82, 2.24) is 19.7 Å². The maximum atomic E-state index is 13.7. The third kappa shape index (κ3) is 4.07. The van der Waals surface area contributed by atoms with Crippen LogP contribution in [0.4, 0.5) is 11.6 Å². The van der Waals surface area contributed by atoms with Crippen molar-refractivity contribution in [3.63, 3.8) is 0 Å². The molecule has 0 bridgehead atoms. The molecule has 8 heteroatoms. The Morgan fingerprint density at radius 1 is 0.806 bits per heavy atom. The highest BCUT2D eigenvalue weighted by molar-refractivity contribution is 6.11. The first kappa shape index (κ1) is 21.9. The summed E-state index contributed by atoms with van der Waals surface area (Å²) in [6.07, 6.45) is 2.14. The van der Waals surface area contributed by atoms with E-state index in [1.807, 2.05) is 54.6 Å². The zero-order valence-corrected chi connectivity index (χ0v) is 19.6. The lowest BCUT2D eigenvalue weighted by molar-refractivity contribution is 0.102. The molecular weight excluding hydrogens is 452 g/mol. The number of carbonyl (C=O) groups excluding carboxylic acids is 1. The summed E-state index contributed by atoms with van der Waals surface area (Å²) in [6.45, 7) is 1.98. The lowest BCUT2D eigenvalue weighted by Crippen LogP contribution is -2.29. The molecule has 3 aromatic carbocycles. The molecule has 1 aliphatic heterocycles. The molecule has 36 heavy (non-hydrogen) atoms. The van der Waals surface area contributed by atoms with Crippen LogP contribution < -0.4 is 15.8 Å². The van der Waals surface area contributed by atoms with E-state index in [4.69, 9.17) is 9.97 Å². The molecule has 0 saturated carbocycles. The van der Waals surface area contributed by atoms with Gasteiger partial charge in [0.15, 0.2) is 17.3 Å². The lowest BCUT2D eigenvalue weighted by Gasteiger charge is -2.20. The van der Waals surface area contributed by atoms with Crippen LogP contribution in [0.1, 0.15) is 28.9 Å². The average Bonchev–Trinajstić information content (AvgIpc) is 3.45. The largest absolute Gasteiger partial charge is 0.354 e. The smallest absolute Gasteiger partial charge is 0.278 e. The van der Waals surface area contributed by atoms with E-state index in [-0.39, 0.29) is 17.8 Å². The highest BCUT2D eigenvalue weighted by atomic mass is 16.2. The van der Waals surface area contributed by atoms with E-state index < -0.39 is 5.91 Å². The minimum atomic E-state index is -0.432. The van der Waals surface area contributed by atoms with Crippen LogP contribution in [0.15, 0.2) is 83.7 Å². The van der Waals surface area contributed by atoms with Gasteiger partial charge in [-0.05, 0) is 36.6 Å². The molecule has 2 aromatic heterocycles. The van der Waals surface area contributed by atoms with Gasteiger partial charge in [-0.3, -0.25) is 9.59 Å². The van der Waals surface area contributed by atoms with Crippen molar-refractivity contribution < 1.29 is 4.79 Å². The molecule has 0 radical (unpaired) electrons. The van der Waals surface area contributed by atoms with Crippen LogP contribution >= 0.6 is 0 Å². The van der Waals surface area contributed by atoms with Crippen LogP contribution in [0, 0.1) is 0 Å². The molecule has 1 N–H and O–H groups in total. The summed E-state index contributed by atoms with van der Waals surface area (Å²) < 4.78 is 1.35. The Hall–Kier alpha value is -4.59. The fourth-order valence-electron chi connectivity index (χ4n) is 4.66. The van der Waals surface area contributed by atoms with Crippen molar-refractivity contribution in [2.75, 3.05) is 23.3 Å². The third-order valence-electron chi connectivity index (χ3n) is 6.45. The second-order valence-corrected chi connectivity index (χ2v) is 8.88. The number of hydrogen-bond acceptors (Lipinski definition) is 6. The molecule has 1 aliphatic rings. The van der Waals surface area contributed by atoms with Crippen molar-refractivity contribution in [1.29, 1.82) is 0 Å². The quantitative estimate of drug-likeness (QED) is 0.408. The standard InChI is InChI=1S/C28H24N6O2/c35-27(31-25-26(33-16-8-9-17-33)30-23-15-7-6-14-22(23)29-25)24-20-12-4-5-13-21(20)28(36)34(32-24)18-19-10-2-1-3-11-19/h1-7,10-15H,8-9,16-18H2,(H,29,31,35). The zero-order valence-electron chi connectivity index (χ0n) is 19.6. The highest BCUT2D eigenvalue weighted by Gasteiger charge is 2.23. The van der Waals surface area contributed by atoms with E-state index in [1.54, 1.807) is 24.3 Å². The van der Waals surface area contributed by atoms with E-state index in [0.717, 1.165) is 37.0 Å². The number of benzene rings is 3. The predicted octanol–water partition coefficient (Wildman–Crippen LogP) is 4.24. The first-order valence-corrected chi connectivity index (χ1v) is 12.0. The van der Waals surface area contributed by atoms with Gasteiger partial charge >= 0.3 is 0 Å². The van der Waals surface area contributed by atoms with E-state index in [9.17, 15) is 9.59 Å². The van der Waals surface area contributed by atoms with E-state index in [1.165, 1.54) is 4.68 Å². The van der Waals surface area contributed by atoms with Gasteiger partial charge in [-0.1, -0.05) is 60.7 Å². The van der Waals surface area contributed by atoms with Gasteiger partial charge in [-0.15, -0.1) is 0 Å². The van der Waals surface area contributed by atoms with Crippen molar-refractivity contribution in [3.8, 4) is 0 Å². The van der Waals surface area contributed by atoms with Crippen molar-refractivity contribution >= 4 is 39.3 Å². The monoisotopic (exact) mass is 476 g/mol. The minimum absolute atomic E-state index is 0.170. The van der Waals surface area contributed by atoms with Crippen molar-refractivity contribution in [2.45, 2.75) is 19.4 Å².